The number of nitrogen functional groups attached to an aromatic ring is 1. The number of nitrogens with zero attached hydrogens (tertiary/aromatic N) is 2. The fraction of sp³-hybridized carbons (Fsp3) is 0. The van der Waals surface area contributed by atoms with Crippen LogP contribution in [-0.2, 0) is 9.84 Å². The molecule has 0 aliphatic rings. The van der Waals surface area contributed by atoms with E-state index in [0.717, 1.165) is 32.1 Å². The van der Waals surface area contributed by atoms with Crippen molar-refractivity contribution in [1.82, 2.24) is 9.97 Å². The van der Waals surface area contributed by atoms with Crippen LogP contribution in [0.15, 0.2) is 51.1 Å². The molecule has 0 amide bonds. The van der Waals surface area contributed by atoms with Crippen molar-refractivity contribution in [2.24, 2.45) is 0 Å². The second-order valence-corrected chi connectivity index (χ2v) is 9.02. The van der Waals surface area contributed by atoms with E-state index in [0.29, 0.717) is 16.7 Å². The zero-order chi connectivity index (χ0) is 15.3. The van der Waals surface area contributed by atoms with Gasteiger partial charge in [-0.1, -0.05) is 12.1 Å². The zero-order valence-corrected chi connectivity index (χ0v) is 13.5. The van der Waals surface area contributed by atoms with Gasteiger partial charge in [-0.2, -0.15) is 0 Å². The summed E-state index contributed by atoms with van der Waals surface area (Å²) in [4.78, 5) is 8.43. The van der Waals surface area contributed by atoms with E-state index in [1.165, 1.54) is 0 Å². The van der Waals surface area contributed by atoms with Crippen LogP contribution < -0.4 is 5.73 Å². The lowest BCUT2D eigenvalue weighted by molar-refractivity contribution is 0.595. The van der Waals surface area contributed by atoms with Crippen LogP contribution in [0.1, 0.15) is 0 Å². The van der Waals surface area contributed by atoms with Gasteiger partial charge in [0.15, 0.2) is 0 Å². The van der Waals surface area contributed by atoms with Gasteiger partial charge >= 0.3 is 0 Å². The standard InChI is InChI=1S/C14H9N3O2S3/c15-8-5-6-10-12(7-8)21-14(17-10)22(18,19)13-16-9-3-1-2-4-11(9)20-13/h1-7H,15H2. The lowest BCUT2D eigenvalue weighted by Crippen LogP contribution is -2.00. The van der Waals surface area contributed by atoms with Gasteiger partial charge in [-0.15, -0.1) is 22.7 Å². The predicted molar refractivity (Wildman–Crippen MR) is 89.1 cm³/mol. The smallest absolute Gasteiger partial charge is 0.260 e. The Morgan fingerprint density at radius 1 is 0.864 bits per heavy atom. The molecule has 4 rings (SSSR count). The van der Waals surface area contributed by atoms with E-state index >= 15 is 0 Å². The highest BCUT2D eigenvalue weighted by atomic mass is 32.3. The molecule has 0 saturated carbocycles. The molecule has 110 valence electrons. The maximum atomic E-state index is 12.7. The Kier molecular flexibility index (Phi) is 2.93. The molecule has 5 nitrogen and oxygen atoms in total. The summed E-state index contributed by atoms with van der Waals surface area (Å²) in [6.45, 7) is 0. The Morgan fingerprint density at radius 3 is 2.23 bits per heavy atom. The summed E-state index contributed by atoms with van der Waals surface area (Å²) < 4.78 is 27.2. The van der Waals surface area contributed by atoms with Gasteiger partial charge in [0.05, 0.1) is 20.4 Å². The fourth-order valence-electron chi connectivity index (χ4n) is 2.08. The van der Waals surface area contributed by atoms with Gasteiger partial charge < -0.3 is 5.73 Å². The Hall–Kier alpha value is -2.03. The van der Waals surface area contributed by atoms with E-state index in [9.17, 15) is 8.42 Å². The zero-order valence-electron chi connectivity index (χ0n) is 11.1. The number of anilines is 1. The third kappa shape index (κ3) is 2.07. The number of para-hydroxylation sites is 1. The molecule has 0 fully saturated rings. The molecule has 0 radical (unpaired) electrons. The van der Waals surface area contributed by atoms with Crippen LogP contribution in [0.3, 0.4) is 0 Å². The predicted octanol–water partition coefficient (Wildman–Crippen LogP) is 3.32. The van der Waals surface area contributed by atoms with Crippen molar-refractivity contribution in [1.29, 1.82) is 0 Å². The third-order valence-electron chi connectivity index (χ3n) is 3.13. The van der Waals surface area contributed by atoms with Crippen molar-refractivity contribution in [3.63, 3.8) is 0 Å². The Balaban J connectivity index is 1.91. The van der Waals surface area contributed by atoms with Crippen molar-refractivity contribution < 1.29 is 8.42 Å². The van der Waals surface area contributed by atoms with E-state index in [4.69, 9.17) is 5.73 Å². The lowest BCUT2D eigenvalue weighted by atomic mass is 10.3. The molecule has 0 saturated heterocycles. The van der Waals surface area contributed by atoms with Crippen LogP contribution in [0.5, 0.6) is 0 Å². The molecule has 8 heteroatoms. The monoisotopic (exact) mass is 347 g/mol. The SMILES string of the molecule is Nc1ccc2nc(S(=O)(=O)c3nc4ccccc4s3)sc2c1. The second-order valence-electron chi connectivity index (χ2n) is 4.66. The van der Waals surface area contributed by atoms with E-state index in [1.54, 1.807) is 24.3 Å². The van der Waals surface area contributed by atoms with Crippen molar-refractivity contribution in [3.8, 4) is 0 Å². The third-order valence-corrected chi connectivity index (χ3v) is 7.69. The molecular weight excluding hydrogens is 338 g/mol. The van der Waals surface area contributed by atoms with Crippen LogP contribution >= 0.6 is 22.7 Å². The van der Waals surface area contributed by atoms with Crippen LogP contribution in [-0.4, -0.2) is 18.4 Å². The maximum Gasteiger partial charge on any atom is 0.260 e. The summed E-state index contributed by atoms with van der Waals surface area (Å²) in [7, 11) is -3.70. The first-order valence-corrected chi connectivity index (χ1v) is 9.42. The minimum Gasteiger partial charge on any atom is -0.399 e. The van der Waals surface area contributed by atoms with Crippen molar-refractivity contribution >= 4 is 58.6 Å². The summed E-state index contributed by atoms with van der Waals surface area (Å²) in [5.41, 5.74) is 7.61. The first kappa shape index (κ1) is 13.6. The number of benzene rings is 2. The largest absolute Gasteiger partial charge is 0.399 e. The highest BCUT2D eigenvalue weighted by molar-refractivity contribution is 7.95. The van der Waals surface area contributed by atoms with Gasteiger partial charge in [0.2, 0.25) is 8.68 Å². The van der Waals surface area contributed by atoms with E-state index in [-0.39, 0.29) is 8.68 Å². The van der Waals surface area contributed by atoms with Crippen molar-refractivity contribution in [2.45, 2.75) is 8.68 Å². The number of hydrogen-bond donors (Lipinski definition) is 1. The van der Waals surface area contributed by atoms with Gasteiger partial charge in [-0.25, -0.2) is 18.4 Å². The van der Waals surface area contributed by atoms with Crippen molar-refractivity contribution in [2.75, 3.05) is 5.73 Å². The average molecular weight is 347 g/mol. The van der Waals surface area contributed by atoms with Crippen molar-refractivity contribution in [3.05, 3.63) is 42.5 Å². The average Bonchev–Trinajstić information content (AvgIpc) is 3.10. The first-order chi connectivity index (χ1) is 10.5. The molecule has 0 atom stereocenters. The summed E-state index contributed by atoms with van der Waals surface area (Å²) in [5, 5.41) is 0. The number of aromatic nitrogens is 2. The number of fused-ring (bicyclic) bond motifs is 2. The minimum absolute atomic E-state index is 0.0483. The molecule has 0 bridgehead atoms. The van der Waals surface area contributed by atoms with E-state index in [2.05, 4.69) is 9.97 Å². The molecule has 0 aliphatic heterocycles. The molecule has 2 aromatic carbocycles. The topological polar surface area (TPSA) is 85.9 Å². The first-order valence-electron chi connectivity index (χ1n) is 6.31. The van der Waals surface area contributed by atoms with Crippen LogP contribution in [0, 0.1) is 0 Å². The molecule has 2 N–H and O–H groups in total. The van der Waals surface area contributed by atoms with Gasteiger partial charge in [0.1, 0.15) is 0 Å². The number of hydrogen-bond acceptors (Lipinski definition) is 7. The van der Waals surface area contributed by atoms with Gasteiger partial charge in [0, 0.05) is 5.69 Å². The summed E-state index contributed by atoms with van der Waals surface area (Å²) >= 11 is 2.27. The van der Waals surface area contributed by atoms with Crippen LogP contribution in [0.4, 0.5) is 5.69 Å². The highest BCUT2D eigenvalue weighted by Gasteiger charge is 2.26. The molecule has 4 aromatic rings. The minimum atomic E-state index is -3.70. The molecule has 2 aromatic heterocycles. The Morgan fingerprint density at radius 2 is 1.50 bits per heavy atom. The highest BCUT2D eigenvalue weighted by Crippen LogP contribution is 2.34. The van der Waals surface area contributed by atoms with E-state index in [1.807, 2.05) is 18.2 Å². The summed E-state index contributed by atoms with van der Waals surface area (Å²) in [5.74, 6) is 0. The number of rotatable bonds is 2. The normalized spacial score (nSPS) is 12.2. The van der Waals surface area contributed by atoms with Gasteiger partial charge in [0.25, 0.3) is 9.84 Å². The second kappa shape index (κ2) is 4.73. The molecule has 2 heterocycles. The summed E-state index contributed by atoms with van der Waals surface area (Å²) in [6.07, 6.45) is 0. The quantitative estimate of drug-likeness (QED) is 0.562. The molecule has 0 unspecified atom stereocenters. The fourth-order valence-corrected chi connectivity index (χ4v) is 6.15. The number of thiazole rings is 2. The number of sulfone groups is 1. The molecule has 0 aliphatic carbocycles. The van der Waals surface area contributed by atoms with E-state index < -0.39 is 9.84 Å². The number of nitrogens with two attached hydrogens (primary N) is 1. The Labute approximate surface area is 134 Å². The maximum absolute atomic E-state index is 12.7. The Bertz CT molecular complexity index is 1080. The lowest BCUT2D eigenvalue weighted by Gasteiger charge is -1.93. The summed E-state index contributed by atoms with van der Waals surface area (Å²) in [6, 6.07) is 12.5. The molecule has 22 heavy (non-hydrogen) atoms. The van der Waals surface area contributed by atoms with Crippen LogP contribution in [0.25, 0.3) is 20.4 Å². The molecule has 0 spiro atoms. The molecular formula is C14H9N3O2S3. The van der Waals surface area contributed by atoms with Gasteiger partial charge in [-0.3, -0.25) is 0 Å². The van der Waals surface area contributed by atoms with Crippen LogP contribution in [0.2, 0.25) is 0 Å². The van der Waals surface area contributed by atoms with Gasteiger partial charge in [-0.05, 0) is 30.3 Å².